The summed E-state index contributed by atoms with van der Waals surface area (Å²) in [6.07, 6.45) is 1.33. The van der Waals surface area contributed by atoms with E-state index in [9.17, 15) is 9.59 Å². The number of rotatable bonds is 6. The van der Waals surface area contributed by atoms with E-state index in [1.54, 1.807) is 0 Å². The molecule has 0 aromatic carbocycles. The molecule has 0 amide bonds. The van der Waals surface area contributed by atoms with Crippen molar-refractivity contribution in [2.45, 2.75) is 47.0 Å². The Labute approximate surface area is 117 Å². The van der Waals surface area contributed by atoms with Crippen LogP contribution in [0.3, 0.4) is 0 Å². The van der Waals surface area contributed by atoms with Crippen LogP contribution in [0.4, 0.5) is 0 Å². The predicted molar refractivity (Wildman–Crippen MR) is 78.2 cm³/mol. The van der Waals surface area contributed by atoms with E-state index in [0.717, 1.165) is 17.4 Å². The Hall–Kier alpha value is -1.10. The smallest absolute Gasteiger partial charge is 0.303 e. The Morgan fingerprint density at radius 1 is 1.00 bits per heavy atom. The molecular formula is C14H32NO4+. The predicted octanol–water partition coefficient (Wildman–Crippen LogP) is 2.70. The zero-order valence-electron chi connectivity index (χ0n) is 13.6. The number of quaternary nitrogens is 1. The van der Waals surface area contributed by atoms with Crippen LogP contribution < -0.4 is 0 Å². The second-order valence-corrected chi connectivity index (χ2v) is 5.50. The average molecular weight is 278 g/mol. The third kappa shape index (κ3) is 38.3. The second kappa shape index (κ2) is 13.3. The van der Waals surface area contributed by atoms with Crippen LogP contribution in [-0.2, 0) is 9.59 Å². The van der Waals surface area contributed by atoms with Crippen LogP contribution in [0.1, 0.15) is 47.0 Å². The number of hydrogen-bond donors (Lipinski definition) is 2. The summed E-state index contributed by atoms with van der Waals surface area (Å²) >= 11 is 0. The lowest BCUT2D eigenvalue weighted by Gasteiger charge is -2.23. The largest absolute Gasteiger partial charge is 0.481 e. The molecule has 0 aliphatic carbocycles. The lowest BCUT2D eigenvalue weighted by atomic mass is 10.1. The fraction of sp³-hybridized carbons (Fsp3) is 0.857. The Morgan fingerprint density at radius 2 is 1.42 bits per heavy atom. The van der Waals surface area contributed by atoms with Crippen molar-refractivity contribution in [3.63, 3.8) is 0 Å². The Morgan fingerprint density at radius 3 is 1.58 bits per heavy atom. The van der Waals surface area contributed by atoms with Gasteiger partial charge < -0.3 is 14.7 Å². The molecule has 0 saturated heterocycles. The van der Waals surface area contributed by atoms with E-state index in [4.69, 9.17) is 10.2 Å². The number of carbonyl (C=O) groups is 2. The molecule has 0 aromatic heterocycles. The highest BCUT2D eigenvalue weighted by Crippen LogP contribution is 1.97. The van der Waals surface area contributed by atoms with Gasteiger partial charge in [-0.2, -0.15) is 0 Å². The quantitative estimate of drug-likeness (QED) is 0.733. The maximum Gasteiger partial charge on any atom is 0.303 e. The van der Waals surface area contributed by atoms with Crippen LogP contribution in [0.25, 0.3) is 0 Å². The van der Waals surface area contributed by atoms with Crippen molar-refractivity contribution in [2.75, 3.05) is 27.7 Å². The van der Waals surface area contributed by atoms with E-state index in [-0.39, 0.29) is 18.8 Å². The fourth-order valence-corrected chi connectivity index (χ4v) is 1.05. The number of aliphatic carboxylic acids is 2. The summed E-state index contributed by atoms with van der Waals surface area (Å²) in [6.45, 7) is 8.69. The molecule has 0 rings (SSSR count). The maximum absolute atomic E-state index is 10.1. The van der Waals surface area contributed by atoms with Crippen molar-refractivity contribution in [3.05, 3.63) is 0 Å². The molecule has 5 heteroatoms. The minimum Gasteiger partial charge on any atom is -0.481 e. The van der Waals surface area contributed by atoms with E-state index >= 15 is 0 Å². The van der Waals surface area contributed by atoms with Gasteiger partial charge >= 0.3 is 11.9 Å². The Balaban J connectivity index is -0.000000249. The van der Waals surface area contributed by atoms with Gasteiger partial charge in [-0.3, -0.25) is 9.59 Å². The number of nitrogens with zero attached hydrogens (tertiary/aromatic N) is 1. The van der Waals surface area contributed by atoms with Gasteiger partial charge in [-0.1, -0.05) is 27.7 Å². The molecule has 5 nitrogen and oxygen atoms in total. The standard InChI is InChI=1S/C7H15NO2.C5H10O2.C2H6/c1-8(2,3)6-4-5-7(9)10;1-4(2)3-5(6)7;1-2/h4-6H2,1-3H3;4H,3H2,1-2H3,(H,6,7);1-2H3/p+1. The second-order valence-electron chi connectivity index (χ2n) is 5.50. The zero-order chi connectivity index (χ0) is 16.1. The van der Waals surface area contributed by atoms with Crippen LogP contribution >= 0.6 is 0 Å². The molecule has 0 fully saturated rings. The van der Waals surface area contributed by atoms with Crippen molar-refractivity contribution in [1.82, 2.24) is 0 Å². The molecule has 0 radical (unpaired) electrons. The molecule has 0 bridgehead atoms. The summed E-state index contributed by atoms with van der Waals surface area (Å²) in [4.78, 5) is 19.9. The first-order valence-corrected chi connectivity index (χ1v) is 6.78. The Bertz CT molecular complexity index is 232. The van der Waals surface area contributed by atoms with Crippen molar-refractivity contribution < 1.29 is 24.3 Å². The third-order valence-electron chi connectivity index (χ3n) is 1.80. The van der Waals surface area contributed by atoms with Crippen molar-refractivity contribution >= 4 is 11.9 Å². The molecular weight excluding hydrogens is 246 g/mol. The van der Waals surface area contributed by atoms with Gasteiger partial charge in [0, 0.05) is 12.8 Å². The van der Waals surface area contributed by atoms with Crippen molar-refractivity contribution in [1.29, 1.82) is 0 Å². The molecule has 0 aliphatic rings. The Kier molecular flexibility index (Phi) is 16.2. The first-order valence-electron chi connectivity index (χ1n) is 6.78. The van der Waals surface area contributed by atoms with Crippen LogP contribution in [0.2, 0.25) is 0 Å². The van der Waals surface area contributed by atoms with Crippen LogP contribution in [0.5, 0.6) is 0 Å². The maximum atomic E-state index is 10.1. The molecule has 0 unspecified atom stereocenters. The summed E-state index contributed by atoms with van der Waals surface area (Å²) in [5.74, 6) is -1.14. The average Bonchev–Trinajstić information content (AvgIpc) is 2.16. The number of carboxylic acid groups (broad SMARTS) is 2. The minimum absolute atomic E-state index is 0.275. The molecule has 19 heavy (non-hydrogen) atoms. The highest BCUT2D eigenvalue weighted by molar-refractivity contribution is 5.67. The van der Waals surface area contributed by atoms with Gasteiger partial charge in [-0.15, -0.1) is 0 Å². The molecule has 0 aliphatic heterocycles. The molecule has 0 heterocycles. The van der Waals surface area contributed by atoms with Gasteiger partial charge in [-0.05, 0) is 5.92 Å². The highest BCUT2D eigenvalue weighted by Gasteiger charge is 2.07. The van der Waals surface area contributed by atoms with E-state index in [1.807, 2.05) is 27.7 Å². The van der Waals surface area contributed by atoms with Gasteiger partial charge in [0.15, 0.2) is 0 Å². The van der Waals surface area contributed by atoms with E-state index in [1.165, 1.54) is 0 Å². The van der Waals surface area contributed by atoms with Gasteiger partial charge in [0.2, 0.25) is 0 Å². The minimum atomic E-state index is -0.713. The first-order chi connectivity index (χ1) is 8.54. The SMILES string of the molecule is CC.CC(C)CC(=O)O.C[N+](C)(C)CCCC(=O)O. The van der Waals surface area contributed by atoms with Crippen LogP contribution in [0, 0.1) is 5.92 Å². The van der Waals surface area contributed by atoms with Gasteiger partial charge in [0.25, 0.3) is 0 Å². The normalized spacial score (nSPS) is 9.89. The topological polar surface area (TPSA) is 74.6 Å². The van der Waals surface area contributed by atoms with Gasteiger partial charge in [0.1, 0.15) is 0 Å². The molecule has 2 N–H and O–H groups in total. The van der Waals surface area contributed by atoms with E-state index < -0.39 is 11.9 Å². The first kappa shape index (κ1) is 23.0. The summed E-state index contributed by atoms with van der Waals surface area (Å²) in [5.41, 5.74) is 0. The molecule has 0 aromatic rings. The van der Waals surface area contributed by atoms with Gasteiger partial charge in [0.05, 0.1) is 34.1 Å². The zero-order valence-corrected chi connectivity index (χ0v) is 13.6. The van der Waals surface area contributed by atoms with Crippen LogP contribution in [-0.4, -0.2) is 54.3 Å². The molecule has 0 saturated carbocycles. The summed E-state index contributed by atoms with van der Waals surface area (Å²) < 4.78 is 0.841. The van der Waals surface area contributed by atoms with Crippen molar-refractivity contribution in [2.24, 2.45) is 5.92 Å². The number of hydrogen-bond acceptors (Lipinski definition) is 2. The molecule has 0 spiro atoms. The third-order valence-corrected chi connectivity index (χ3v) is 1.80. The monoisotopic (exact) mass is 278 g/mol. The number of carboxylic acids is 2. The van der Waals surface area contributed by atoms with Gasteiger partial charge in [-0.25, -0.2) is 0 Å². The molecule has 116 valence electrons. The van der Waals surface area contributed by atoms with E-state index in [2.05, 4.69) is 21.1 Å². The molecule has 0 atom stereocenters. The fourth-order valence-electron chi connectivity index (χ4n) is 1.05. The van der Waals surface area contributed by atoms with Crippen LogP contribution in [0.15, 0.2) is 0 Å². The highest BCUT2D eigenvalue weighted by atomic mass is 16.4. The van der Waals surface area contributed by atoms with Crippen molar-refractivity contribution in [3.8, 4) is 0 Å². The lowest BCUT2D eigenvalue weighted by molar-refractivity contribution is -0.870. The summed E-state index contributed by atoms with van der Waals surface area (Å²) in [6, 6.07) is 0. The summed E-state index contributed by atoms with van der Waals surface area (Å²) in [5, 5.41) is 16.4. The lowest BCUT2D eigenvalue weighted by Crippen LogP contribution is -2.35. The summed E-state index contributed by atoms with van der Waals surface area (Å²) in [7, 11) is 6.17. The van der Waals surface area contributed by atoms with E-state index in [0.29, 0.717) is 0 Å².